The van der Waals surface area contributed by atoms with E-state index in [1.54, 1.807) is 35.2 Å². The van der Waals surface area contributed by atoms with Crippen LogP contribution in [-0.4, -0.2) is 83.0 Å². The summed E-state index contributed by atoms with van der Waals surface area (Å²) in [5.41, 5.74) is 0.0303. The van der Waals surface area contributed by atoms with E-state index in [1.807, 2.05) is 30.9 Å². The Bertz CT molecular complexity index is 1000. The van der Waals surface area contributed by atoms with Crippen LogP contribution in [0.15, 0.2) is 42.0 Å². The standard InChI is InChI=1S/C26H36BFN4O5/c1-26(2,31-13-11-21(28)17-31)14-20(16-29)24(33)32-12-7-6-10-22(32)18-37-25(34)30-23(15-27(35)36)19-8-4-3-5-9-19/h3-5,8-9,14,21-23,35-36H,6-7,10-13,15,17-18H2,1-2H3,(H,30,34)/t21-,22+,23+/m0/s1. The van der Waals surface area contributed by atoms with Gasteiger partial charge in [-0.1, -0.05) is 30.3 Å². The van der Waals surface area contributed by atoms with E-state index in [0.29, 0.717) is 31.5 Å². The van der Waals surface area contributed by atoms with Gasteiger partial charge in [-0.3, -0.25) is 9.69 Å². The number of nitrogens with one attached hydrogen (secondary N) is 1. The van der Waals surface area contributed by atoms with Gasteiger partial charge in [-0.25, -0.2) is 9.18 Å². The van der Waals surface area contributed by atoms with Gasteiger partial charge in [-0.05, 0) is 51.2 Å². The van der Waals surface area contributed by atoms with Crippen molar-refractivity contribution in [1.29, 1.82) is 5.26 Å². The second kappa shape index (κ2) is 13.0. The first-order chi connectivity index (χ1) is 17.6. The van der Waals surface area contributed by atoms with Gasteiger partial charge in [0.2, 0.25) is 0 Å². The van der Waals surface area contributed by atoms with E-state index in [0.717, 1.165) is 12.8 Å². The number of carbonyl (C=O) groups excluding carboxylic acids is 2. The van der Waals surface area contributed by atoms with Crippen molar-refractivity contribution in [3.8, 4) is 6.07 Å². The van der Waals surface area contributed by atoms with Gasteiger partial charge in [0.15, 0.2) is 0 Å². The minimum Gasteiger partial charge on any atom is -0.447 e. The van der Waals surface area contributed by atoms with E-state index >= 15 is 0 Å². The number of halogens is 1. The molecule has 0 spiro atoms. The zero-order chi connectivity index (χ0) is 27.0. The van der Waals surface area contributed by atoms with Crippen molar-refractivity contribution in [2.75, 3.05) is 26.2 Å². The first-order valence-corrected chi connectivity index (χ1v) is 12.8. The summed E-state index contributed by atoms with van der Waals surface area (Å²) in [5.74, 6) is -0.425. The first-order valence-electron chi connectivity index (χ1n) is 12.8. The van der Waals surface area contributed by atoms with Crippen molar-refractivity contribution in [3.63, 3.8) is 0 Å². The fourth-order valence-corrected chi connectivity index (χ4v) is 4.95. The van der Waals surface area contributed by atoms with Crippen LogP contribution in [0.4, 0.5) is 9.18 Å². The topological polar surface area (TPSA) is 126 Å². The van der Waals surface area contributed by atoms with Crippen molar-refractivity contribution >= 4 is 19.1 Å². The van der Waals surface area contributed by atoms with E-state index in [-0.39, 0.29) is 25.0 Å². The van der Waals surface area contributed by atoms with Crippen LogP contribution in [0.3, 0.4) is 0 Å². The number of amides is 2. The molecule has 0 bridgehead atoms. The van der Waals surface area contributed by atoms with Gasteiger partial charge >= 0.3 is 13.2 Å². The summed E-state index contributed by atoms with van der Waals surface area (Å²) in [6, 6.07) is 9.87. The van der Waals surface area contributed by atoms with E-state index in [9.17, 15) is 29.3 Å². The maximum Gasteiger partial charge on any atom is 0.453 e. The summed E-state index contributed by atoms with van der Waals surface area (Å²) in [6.07, 6.45) is 2.53. The number of hydrogen-bond donors (Lipinski definition) is 3. The molecule has 37 heavy (non-hydrogen) atoms. The molecule has 3 atom stereocenters. The smallest absolute Gasteiger partial charge is 0.447 e. The third-order valence-electron chi connectivity index (χ3n) is 7.03. The summed E-state index contributed by atoms with van der Waals surface area (Å²) in [6.45, 7) is 4.94. The number of alkyl halides is 1. The Kier molecular flexibility index (Phi) is 10.1. The molecule has 200 valence electrons. The fraction of sp³-hybridized carbons (Fsp3) is 0.577. The second-order valence-electron chi connectivity index (χ2n) is 10.2. The molecule has 2 heterocycles. The number of ether oxygens (including phenoxy) is 1. The third kappa shape index (κ3) is 8.02. The highest BCUT2D eigenvalue weighted by Gasteiger charge is 2.35. The van der Waals surface area contributed by atoms with Crippen LogP contribution in [0.25, 0.3) is 0 Å². The zero-order valence-electron chi connectivity index (χ0n) is 21.5. The molecule has 2 fully saturated rings. The first kappa shape index (κ1) is 28.6. The molecule has 0 unspecified atom stereocenters. The van der Waals surface area contributed by atoms with Crippen LogP contribution in [0, 0.1) is 11.3 Å². The van der Waals surface area contributed by atoms with Crippen molar-refractivity contribution < 1.29 is 28.8 Å². The summed E-state index contributed by atoms with van der Waals surface area (Å²) in [4.78, 5) is 29.4. The molecule has 1 aromatic carbocycles. The van der Waals surface area contributed by atoms with E-state index in [4.69, 9.17) is 4.74 Å². The van der Waals surface area contributed by atoms with Gasteiger partial charge in [0, 0.05) is 31.5 Å². The number of carbonyl (C=O) groups is 2. The molecular formula is C26H36BFN4O5. The van der Waals surface area contributed by atoms with E-state index < -0.39 is 42.9 Å². The lowest BCUT2D eigenvalue weighted by Crippen LogP contribution is -2.48. The van der Waals surface area contributed by atoms with Crippen LogP contribution in [-0.2, 0) is 9.53 Å². The van der Waals surface area contributed by atoms with Crippen molar-refractivity contribution in [2.45, 2.75) is 69.6 Å². The van der Waals surface area contributed by atoms with Crippen LogP contribution in [0.5, 0.6) is 0 Å². The molecule has 3 N–H and O–H groups in total. The zero-order valence-corrected chi connectivity index (χ0v) is 21.5. The largest absolute Gasteiger partial charge is 0.453 e. The number of benzene rings is 1. The average molecular weight is 514 g/mol. The van der Waals surface area contributed by atoms with Crippen molar-refractivity contribution in [1.82, 2.24) is 15.1 Å². The van der Waals surface area contributed by atoms with Gasteiger partial charge in [0.1, 0.15) is 24.4 Å². The minimum absolute atomic E-state index is 0.00950. The molecule has 0 aromatic heterocycles. The molecule has 2 aliphatic heterocycles. The predicted molar refractivity (Wildman–Crippen MR) is 137 cm³/mol. The van der Waals surface area contributed by atoms with Crippen molar-refractivity contribution in [2.24, 2.45) is 0 Å². The molecule has 9 nitrogen and oxygen atoms in total. The Balaban J connectivity index is 1.65. The van der Waals surface area contributed by atoms with Crippen LogP contribution in [0.2, 0.25) is 6.32 Å². The number of likely N-dealkylation sites (tertiary alicyclic amines) is 2. The highest BCUT2D eigenvalue weighted by molar-refractivity contribution is 6.41. The Hall–Kier alpha value is -2.94. The Morgan fingerprint density at radius 1 is 1.27 bits per heavy atom. The van der Waals surface area contributed by atoms with Gasteiger partial charge < -0.3 is 25.0 Å². The number of alkyl carbamates (subject to hydrolysis) is 1. The third-order valence-corrected chi connectivity index (χ3v) is 7.03. The summed E-state index contributed by atoms with van der Waals surface area (Å²) in [5, 5.41) is 31.3. The molecule has 0 aliphatic carbocycles. The number of nitriles is 1. The lowest BCUT2D eigenvalue weighted by atomic mass is 9.79. The summed E-state index contributed by atoms with van der Waals surface area (Å²) < 4.78 is 19.2. The van der Waals surface area contributed by atoms with Gasteiger partial charge in [0.05, 0.1) is 12.1 Å². The summed E-state index contributed by atoms with van der Waals surface area (Å²) >= 11 is 0. The molecule has 2 amide bonds. The number of hydrogen-bond acceptors (Lipinski definition) is 7. The molecular weight excluding hydrogens is 478 g/mol. The van der Waals surface area contributed by atoms with Gasteiger partial charge in [-0.15, -0.1) is 0 Å². The average Bonchev–Trinajstić information content (AvgIpc) is 3.33. The Labute approximate surface area is 218 Å². The number of piperidine rings is 1. The molecule has 0 radical (unpaired) electrons. The SMILES string of the molecule is CC(C)(C=C(C#N)C(=O)N1CCCC[C@@H]1COC(=O)N[C@H](CB(O)O)c1ccccc1)N1CC[C@H](F)C1. The maximum atomic E-state index is 13.7. The predicted octanol–water partition coefficient (Wildman–Crippen LogP) is 2.58. The number of nitrogens with zero attached hydrogens (tertiary/aromatic N) is 3. The molecule has 3 rings (SSSR count). The molecule has 11 heteroatoms. The van der Waals surface area contributed by atoms with E-state index in [2.05, 4.69) is 5.32 Å². The monoisotopic (exact) mass is 514 g/mol. The van der Waals surface area contributed by atoms with Gasteiger partial charge in [-0.2, -0.15) is 5.26 Å². The highest BCUT2D eigenvalue weighted by Crippen LogP contribution is 2.27. The maximum absolute atomic E-state index is 13.7. The molecule has 0 saturated carbocycles. The van der Waals surface area contributed by atoms with Gasteiger partial charge in [0.25, 0.3) is 5.91 Å². The fourth-order valence-electron chi connectivity index (χ4n) is 4.95. The quantitative estimate of drug-likeness (QED) is 0.263. The number of rotatable bonds is 9. The second-order valence-corrected chi connectivity index (χ2v) is 10.2. The Morgan fingerprint density at radius 2 is 2.00 bits per heavy atom. The molecule has 1 aromatic rings. The van der Waals surface area contributed by atoms with Crippen LogP contribution < -0.4 is 5.32 Å². The lowest BCUT2D eigenvalue weighted by Gasteiger charge is -2.36. The Morgan fingerprint density at radius 3 is 2.62 bits per heavy atom. The lowest BCUT2D eigenvalue weighted by molar-refractivity contribution is -0.131. The molecule has 2 aliphatic rings. The van der Waals surface area contributed by atoms with Crippen LogP contribution >= 0.6 is 0 Å². The summed E-state index contributed by atoms with van der Waals surface area (Å²) in [7, 11) is -1.62. The normalized spacial score (nSPS) is 21.7. The van der Waals surface area contributed by atoms with Crippen molar-refractivity contribution in [3.05, 3.63) is 47.5 Å². The minimum atomic E-state index is -1.62. The van der Waals surface area contributed by atoms with Crippen LogP contribution in [0.1, 0.15) is 51.1 Å². The van der Waals surface area contributed by atoms with E-state index in [1.165, 1.54) is 0 Å². The highest BCUT2D eigenvalue weighted by atomic mass is 19.1. The molecule has 2 saturated heterocycles.